The van der Waals surface area contributed by atoms with Gasteiger partial charge in [-0.05, 0) is 44.6 Å². The molecule has 2 aliphatic rings. The van der Waals surface area contributed by atoms with Crippen LogP contribution in [0.25, 0.3) is 0 Å². The Balaban J connectivity index is 1.86. The Kier molecular flexibility index (Phi) is 4.26. The molecule has 0 radical (unpaired) electrons. The van der Waals surface area contributed by atoms with Crippen molar-refractivity contribution >= 4 is 0 Å². The highest BCUT2D eigenvalue weighted by molar-refractivity contribution is 4.87. The van der Waals surface area contributed by atoms with Gasteiger partial charge in [0.25, 0.3) is 0 Å². The van der Waals surface area contributed by atoms with E-state index in [9.17, 15) is 0 Å². The molecule has 1 saturated carbocycles. The number of hydrogen-bond donors (Lipinski definition) is 1. The van der Waals surface area contributed by atoms with E-state index < -0.39 is 0 Å². The van der Waals surface area contributed by atoms with E-state index in [1.165, 1.54) is 45.1 Å². The second-order valence-electron chi connectivity index (χ2n) is 5.95. The molecular weight excluding hydrogens is 196 g/mol. The SMILES string of the molecule is CCC1CCN(C(C)CC2CC2)C(CN)C1. The van der Waals surface area contributed by atoms with Crippen LogP contribution in [0.2, 0.25) is 0 Å². The summed E-state index contributed by atoms with van der Waals surface area (Å²) in [7, 11) is 0. The predicted octanol–water partition coefficient (Wildman–Crippen LogP) is 2.62. The Morgan fingerprint density at radius 1 is 1.25 bits per heavy atom. The van der Waals surface area contributed by atoms with Crippen molar-refractivity contribution in [3.63, 3.8) is 0 Å². The molecule has 1 heterocycles. The molecule has 2 N–H and O–H groups in total. The fourth-order valence-corrected chi connectivity index (χ4v) is 3.31. The molecule has 0 aromatic carbocycles. The van der Waals surface area contributed by atoms with Gasteiger partial charge in [-0.1, -0.05) is 26.2 Å². The van der Waals surface area contributed by atoms with Crippen molar-refractivity contribution in [2.75, 3.05) is 13.1 Å². The summed E-state index contributed by atoms with van der Waals surface area (Å²) in [6.07, 6.45) is 8.42. The highest BCUT2D eigenvalue weighted by Crippen LogP contribution is 2.36. The molecule has 0 aromatic heterocycles. The normalized spacial score (nSPS) is 33.9. The molecular formula is C14H28N2. The first-order chi connectivity index (χ1) is 7.74. The molecule has 0 bridgehead atoms. The Morgan fingerprint density at radius 3 is 2.56 bits per heavy atom. The minimum atomic E-state index is 0.660. The topological polar surface area (TPSA) is 29.3 Å². The monoisotopic (exact) mass is 224 g/mol. The number of piperidine rings is 1. The van der Waals surface area contributed by atoms with Crippen LogP contribution in [0.3, 0.4) is 0 Å². The molecule has 94 valence electrons. The third-order valence-electron chi connectivity index (χ3n) is 4.66. The van der Waals surface area contributed by atoms with Crippen LogP contribution in [0.5, 0.6) is 0 Å². The standard InChI is InChI=1S/C14H28N2/c1-3-12-6-7-16(14(9-12)10-15)11(2)8-13-4-5-13/h11-14H,3-10,15H2,1-2H3. The molecule has 1 aliphatic carbocycles. The highest BCUT2D eigenvalue weighted by Gasteiger charge is 2.32. The van der Waals surface area contributed by atoms with E-state index in [0.717, 1.165) is 24.4 Å². The van der Waals surface area contributed by atoms with Gasteiger partial charge in [0.2, 0.25) is 0 Å². The van der Waals surface area contributed by atoms with Crippen LogP contribution in [0.4, 0.5) is 0 Å². The van der Waals surface area contributed by atoms with Gasteiger partial charge in [-0.25, -0.2) is 0 Å². The van der Waals surface area contributed by atoms with Gasteiger partial charge in [0.1, 0.15) is 0 Å². The van der Waals surface area contributed by atoms with Crippen molar-refractivity contribution in [2.24, 2.45) is 17.6 Å². The van der Waals surface area contributed by atoms with Crippen LogP contribution < -0.4 is 5.73 Å². The van der Waals surface area contributed by atoms with Gasteiger partial charge < -0.3 is 5.73 Å². The van der Waals surface area contributed by atoms with E-state index in [0.29, 0.717) is 6.04 Å². The van der Waals surface area contributed by atoms with Gasteiger partial charge in [0.15, 0.2) is 0 Å². The smallest absolute Gasteiger partial charge is 0.0223 e. The molecule has 16 heavy (non-hydrogen) atoms. The maximum Gasteiger partial charge on any atom is 0.0223 e. The maximum absolute atomic E-state index is 5.95. The average molecular weight is 224 g/mol. The molecule has 3 unspecified atom stereocenters. The lowest BCUT2D eigenvalue weighted by atomic mass is 9.87. The molecule has 0 spiro atoms. The zero-order valence-corrected chi connectivity index (χ0v) is 11.0. The molecule has 2 fully saturated rings. The summed E-state index contributed by atoms with van der Waals surface area (Å²) in [5.74, 6) is 1.97. The van der Waals surface area contributed by atoms with E-state index in [2.05, 4.69) is 18.7 Å². The molecule has 2 nitrogen and oxygen atoms in total. The Labute approximate surface area is 101 Å². The van der Waals surface area contributed by atoms with Crippen molar-refractivity contribution in [2.45, 2.75) is 64.5 Å². The number of rotatable bonds is 5. The van der Waals surface area contributed by atoms with Gasteiger partial charge >= 0.3 is 0 Å². The van der Waals surface area contributed by atoms with Gasteiger partial charge in [-0.15, -0.1) is 0 Å². The van der Waals surface area contributed by atoms with Crippen LogP contribution in [-0.4, -0.2) is 30.1 Å². The molecule has 1 saturated heterocycles. The Hall–Kier alpha value is -0.0800. The molecule has 1 aliphatic heterocycles. The van der Waals surface area contributed by atoms with Gasteiger partial charge in [-0.2, -0.15) is 0 Å². The number of likely N-dealkylation sites (tertiary alicyclic amines) is 1. The van der Waals surface area contributed by atoms with Crippen molar-refractivity contribution in [3.8, 4) is 0 Å². The minimum absolute atomic E-state index is 0.660. The Bertz CT molecular complexity index is 213. The van der Waals surface area contributed by atoms with Crippen molar-refractivity contribution in [1.82, 2.24) is 4.90 Å². The molecule has 0 aromatic rings. The summed E-state index contributed by atoms with van der Waals surface area (Å²) in [5, 5.41) is 0. The molecule has 2 heteroatoms. The number of nitrogens with two attached hydrogens (primary N) is 1. The fourth-order valence-electron chi connectivity index (χ4n) is 3.31. The highest BCUT2D eigenvalue weighted by atomic mass is 15.2. The summed E-state index contributed by atoms with van der Waals surface area (Å²) in [4.78, 5) is 2.70. The van der Waals surface area contributed by atoms with E-state index in [1.807, 2.05) is 0 Å². The van der Waals surface area contributed by atoms with E-state index in [4.69, 9.17) is 5.73 Å². The lowest BCUT2D eigenvalue weighted by molar-refractivity contribution is 0.0714. The summed E-state index contributed by atoms with van der Waals surface area (Å²) >= 11 is 0. The van der Waals surface area contributed by atoms with Crippen molar-refractivity contribution in [3.05, 3.63) is 0 Å². The second-order valence-corrected chi connectivity index (χ2v) is 5.95. The quantitative estimate of drug-likeness (QED) is 0.778. The van der Waals surface area contributed by atoms with Gasteiger partial charge in [0, 0.05) is 18.6 Å². The second kappa shape index (κ2) is 5.50. The lowest BCUT2D eigenvalue weighted by Crippen LogP contribution is -2.50. The van der Waals surface area contributed by atoms with Crippen molar-refractivity contribution < 1.29 is 0 Å². The summed E-state index contributed by atoms with van der Waals surface area (Å²) in [6, 6.07) is 1.42. The first kappa shape index (κ1) is 12.4. The van der Waals surface area contributed by atoms with E-state index in [1.54, 1.807) is 0 Å². The zero-order valence-electron chi connectivity index (χ0n) is 11.0. The molecule has 0 amide bonds. The first-order valence-corrected chi connectivity index (χ1v) is 7.20. The third kappa shape index (κ3) is 2.98. The van der Waals surface area contributed by atoms with Crippen LogP contribution in [-0.2, 0) is 0 Å². The van der Waals surface area contributed by atoms with Gasteiger partial charge in [0.05, 0.1) is 0 Å². The Morgan fingerprint density at radius 2 is 2.00 bits per heavy atom. The minimum Gasteiger partial charge on any atom is -0.329 e. The predicted molar refractivity (Wildman–Crippen MR) is 69.4 cm³/mol. The maximum atomic E-state index is 5.95. The first-order valence-electron chi connectivity index (χ1n) is 7.20. The van der Waals surface area contributed by atoms with Gasteiger partial charge in [-0.3, -0.25) is 4.90 Å². The number of nitrogens with zero attached hydrogens (tertiary/aromatic N) is 1. The van der Waals surface area contributed by atoms with Crippen LogP contribution in [0, 0.1) is 11.8 Å². The largest absolute Gasteiger partial charge is 0.329 e. The zero-order chi connectivity index (χ0) is 11.5. The van der Waals surface area contributed by atoms with Crippen molar-refractivity contribution in [1.29, 1.82) is 0 Å². The third-order valence-corrected chi connectivity index (χ3v) is 4.66. The summed E-state index contributed by atoms with van der Waals surface area (Å²) < 4.78 is 0. The number of hydrogen-bond acceptors (Lipinski definition) is 2. The van der Waals surface area contributed by atoms with Crippen LogP contribution in [0.1, 0.15) is 52.4 Å². The molecule has 3 atom stereocenters. The molecule has 2 rings (SSSR count). The van der Waals surface area contributed by atoms with Crippen LogP contribution in [0.15, 0.2) is 0 Å². The average Bonchev–Trinajstić information content (AvgIpc) is 3.11. The summed E-state index contributed by atoms with van der Waals surface area (Å²) in [6.45, 7) is 6.87. The lowest BCUT2D eigenvalue weighted by Gasteiger charge is -2.42. The fraction of sp³-hybridized carbons (Fsp3) is 1.00. The van der Waals surface area contributed by atoms with E-state index >= 15 is 0 Å². The van der Waals surface area contributed by atoms with Crippen LogP contribution >= 0.6 is 0 Å². The summed E-state index contributed by atoms with van der Waals surface area (Å²) in [5.41, 5.74) is 5.95. The van der Waals surface area contributed by atoms with E-state index in [-0.39, 0.29) is 0 Å².